The summed E-state index contributed by atoms with van der Waals surface area (Å²) in [4.78, 5) is 21.7. The van der Waals surface area contributed by atoms with E-state index in [0.29, 0.717) is 0 Å². The number of hydrogen-bond donors (Lipinski definition) is 0. The van der Waals surface area contributed by atoms with Gasteiger partial charge >= 0.3 is 0 Å². The zero-order chi connectivity index (χ0) is 35.7. The molecular weight excluding hydrogens is 653 g/mol. The minimum Gasteiger partial charge on any atom is -0.369 e. The van der Waals surface area contributed by atoms with Gasteiger partial charge in [0.15, 0.2) is 0 Å². The topological polar surface area (TPSA) is 25.9 Å². The normalized spacial score (nSPS) is 20.2. The average Bonchev–Trinajstić information content (AvgIpc) is 3.23. The van der Waals surface area contributed by atoms with Gasteiger partial charge in [-0.3, -0.25) is 19.6 Å². The van der Waals surface area contributed by atoms with E-state index >= 15 is 0 Å². The summed E-state index contributed by atoms with van der Waals surface area (Å²) in [6, 6.07) is 44.2. The molecule has 0 spiro atoms. The highest BCUT2D eigenvalue weighted by molar-refractivity contribution is 5.49. The van der Waals surface area contributed by atoms with E-state index in [1.807, 2.05) is 0 Å². The van der Waals surface area contributed by atoms with E-state index in [2.05, 4.69) is 161 Å². The smallest absolute Gasteiger partial charge is 0.0367 e. The van der Waals surface area contributed by atoms with Crippen molar-refractivity contribution in [2.45, 2.75) is 0 Å². The van der Waals surface area contributed by atoms with E-state index in [1.54, 1.807) is 0 Å². The van der Waals surface area contributed by atoms with Crippen molar-refractivity contribution in [3.05, 3.63) is 121 Å². The summed E-state index contributed by atoms with van der Waals surface area (Å²) in [5.41, 5.74) is 5.60. The Hall–Kier alpha value is -4.08. The minimum absolute atomic E-state index is 0.146. The molecule has 0 atom stereocenters. The molecule has 280 valence electrons. The Labute approximate surface area is 318 Å². The molecule has 53 heavy (non-hydrogen) atoms. The summed E-state index contributed by atoms with van der Waals surface area (Å²) in [5, 5.41) is 0. The summed E-state index contributed by atoms with van der Waals surface area (Å²) >= 11 is 0. The number of anilines is 4. The second kappa shape index (κ2) is 17.4. The second-order valence-corrected chi connectivity index (χ2v) is 15.9. The molecule has 0 bridgehead atoms. The van der Waals surface area contributed by atoms with Crippen LogP contribution in [0.4, 0.5) is 22.7 Å². The van der Waals surface area contributed by atoms with Crippen molar-refractivity contribution in [3.63, 3.8) is 0 Å². The molecule has 4 aliphatic heterocycles. The zero-order valence-electron chi connectivity index (χ0n) is 31.8. The number of hydrogen-bond acceptors (Lipinski definition) is 8. The van der Waals surface area contributed by atoms with Gasteiger partial charge in [0.1, 0.15) is 0 Å². The third-order valence-corrected chi connectivity index (χ3v) is 12.2. The largest absolute Gasteiger partial charge is 0.369 e. The lowest BCUT2D eigenvalue weighted by atomic mass is 9.83. The molecule has 0 saturated carbocycles. The SMILES string of the molecule is c1ccc(N2CCN(CC(CN3CCN(c4ccccc4)CC3)(CN3CCN(c4ccccc4)CC3)CN3CCN(c4ccccc4)CC3)CC2)cc1. The van der Waals surface area contributed by atoms with E-state index in [1.165, 1.54) is 22.7 Å². The maximum Gasteiger partial charge on any atom is 0.0367 e. The fourth-order valence-electron chi connectivity index (χ4n) is 9.41. The van der Waals surface area contributed by atoms with Crippen LogP contribution in [-0.2, 0) is 0 Å². The van der Waals surface area contributed by atoms with Gasteiger partial charge in [-0.25, -0.2) is 0 Å². The lowest BCUT2D eigenvalue weighted by Crippen LogP contribution is -2.63. The Kier molecular flexibility index (Phi) is 11.8. The van der Waals surface area contributed by atoms with E-state index in [-0.39, 0.29) is 5.41 Å². The van der Waals surface area contributed by atoms with Crippen molar-refractivity contribution in [1.29, 1.82) is 0 Å². The van der Waals surface area contributed by atoms with E-state index in [4.69, 9.17) is 0 Å². The van der Waals surface area contributed by atoms with Gasteiger partial charge in [0.25, 0.3) is 0 Å². The maximum absolute atomic E-state index is 2.83. The first-order chi connectivity index (χ1) is 26.2. The molecule has 4 saturated heterocycles. The van der Waals surface area contributed by atoms with Crippen molar-refractivity contribution >= 4 is 22.7 Å². The fraction of sp³-hybridized carbons (Fsp3) is 0.467. The molecule has 8 nitrogen and oxygen atoms in total. The minimum atomic E-state index is 0.146. The van der Waals surface area contributed by atoms with Crippen LogP contribution in [-0.4, -0.2) is 150 Å². The number of rotatable bonds is 12. The van der Waals surface area contributed by atoms with Gasteiger partial charge < -0.3 is 19.6 Å². The predicted molar refractivity (Wildman–Crippen MR) is 223 cm³/mol. The summed E-state index contributed by atoms with van der Waals surface area (Å²) in [6.45, 7) is 22.4. The quantitative estimate of drug-likeness (QED) is 0.197. The van der Waals surface area contributed by atoms with Crippen LogP contribution in [0.25, 0.3) is 0 Å². The molecule has 0 aromatic heterocycles. The molecule has 0 radical (unpaired) electrons. The molecule has 0 unspecified atom stereocenters. The van der Waals surface area contributed by atoms with Gasteiger partial charge in [-0.15, -0.1) is 0 Å². The third kappa shape index (κ3) is 9.36. The highest BCUT2D eigenvalue weighted by Crippen LogP contribution is 2.30. The van der Waals surface area contributed by atoms with Gasteiger partial charge in [0.05, 0.1) is 0 Å². The summed E-state index contributed by atoms with van der Waals surface area (Å²) in [7, 11) is 0. The van der Waals surface area contributed by atoms with Crippen LogP contribution in [0.2, 0.25) is 0 Å². The number of nitrogens with zero attached hydrogens (tertiary/aromatic N) is 8. The Morgan fingerprint density at radius 2 is 0.453 bits per heavy atom. The van der Waals surface area contributed by atoms with Crippen molar-refractivity contribution in [1.82, 2.24) is 19.6 Å². The van der Waals surface area contributed by atoms with Crippen LogP contribution in [0, 0.1) is 5.41 Å². The zero-order valence-corrected chi connectivity index (χ0v) is 31.8. The van der Waals surface area contributed by atoms with Crippen molar-refractivity contribution in [2.24, 2.45) is 5.41 Å². The summed E-state index contributed by atoms with van der Waals surface area (Å²) < 4.78 is 0. The van der Waals surface area contributed by atoms with Crippen LogP contribution >= 0.6 is 0 Å². The molecule has 4 heterocycles. The molecule has 0 N–H and O–H groups in total. The van der Waals surface area contributed by atoms with Crippen molar-refractivity contribution in [3.8, 4) is 0 Å². The molecule has 4 aromatic rings. The Bertz CT molecular complexity index is 1370. The van der Waals surface area contributed by atoms with Crippen molar-refractivity contribution < 1.29 is 0 Å². The number of para-hydroxylation sites is 4. The second-order valence-electron chi connectivity index (χ2n) is 15.9. The van der Waals surface area contributed by atoms with Gasteiger partial charge in [0, 0.05) is 159 Å². The summed E-state index contributed by atoms with van der Waals surface area (Å²) in [5.74, 6) is 0. The van der Waals surface area contributed by atoms with Crippen LogP contribution in [0.3, 0.4) is 0 Å². The number of piperazine rings is 4. The van der Waals surface area contributed by atoms with E-state index < -0.39 is 0 Å². The Balaban J connectivity index is 1.01. The van der Waals surface area contributed by atoms with E-state index in [0.717, 1.165) is 131 Å². The van der Waals surface area contributed by atoms with E-state index in [9.17, 15) is 0 Å². The molecule has 4 fully saturated rings. The van der Waals surface area contributed by atoms with Gasteiger partial charge in [-0.2, -0.15) is 0 Å². The first-order valence-electron chi connectivity index (χ1n) is 20.3. The third-order valence-electron chi connectivity index (χ3n) is 12.2. The number of benzene rings is 4. The standard InChI is InChI=1S/C45H60N8/c1-5-13-41(14-6-1)50-29-21-46(22-30-50)37-45(38-47-23-31-51(32-24-47)42-15-7-2-8-16-42,39-48-25-33-52(34-26-48)43-17-9-3-10-18-43)40-49-27-35-53(36-28-49)44-19-11-4-12-20-44/h1-20H,21-40H2. The molecule has 8 rings (SSSR count). The Morgan fingerprint density at radius 1 is 0.264 bits per heavy atom. The lowest BCUT2D eigenvalue weighted by Gasteiger charge is -2.51. The monoisotopic (exact) mass is 712 g/mol. The fourth-order valence-corrected chi connectivity index (χ4v) is 9.41. The van der Waals surface area contributed by atoms with Gasteiger partial charge in [-0.05, 0) is 48.5 Å². The highest BCUT2D eigenvalue weighted by Gasteiger charge is 2.40. The van der Waals surface area contributed by atoms with Gasteiger partial charge in [-0.1, -0.05) is 72.8 Å². The molecule has 0 amide bonds. The Morgan fingerprint density at radius 3 is 0.642 bits per heavy atom. The van der Waals surface area contributed by atoms with Crippen LogP contribution < -0.4 is 19.6 Å². The van der Waals surface area contributed by atoms with Crippen LogP contribution in [0.1, 0.15) is 0 Å². The predicted octanol–water partition coefficient (Wildman–Crippen LogP) is 5.26. The molecular formula is C45H60N8. The lowest BCUT2D eigenvalue weighted by molar-refractivity contribution is 0.0171. The first-order valence-corrected chi connectivity index (χ1v) is 20.3. The first kappa shape index (κ1) is 35.9. The van der Waals surface area contributed by atoms with Crippen LogP contribution in [0.5, 0.6) is 0 Å². The molecule has 8 heteroatoms. The highest BCUT2D eigenvalue weighted by atomic mass is 15.3. The maximum atomic E-state index is 2.83. The molecule has 4 aromatic carbocycles. The van der Waals surface area contributed by atoms with Crippen molar-refractivity contribution in [2.75, 3.05) is 150 Å². The van der Waals surface area contributed by atoms with Gasteiger partial charge in [0.2, 0.25) is 0 Å². The molecule has 4 aliphatic rings. The average molecular weight is 713 g/mol. The summed E-state index contributed by atoms with van der Waals surface area (Å²) in [6.07, 6.45) is 0. The van der Waals surface area contributed by atoms with Crippen LogP contribution in [0.15, 0.2) is 121 Å². The molecule has 0 aliphatic carbocycles.